The lowest BCUT2D eigenvalue weighted by atomic mass is 10.0. The standard InChI is InChI=1S/C18H12FNO2/c19-14-6-3-9-20-17(14)13-10-22-15-8-7-11-4-1-2-5-12(11)16(15)18(13)21/h1-10,17,20H. The number of halogens is 1. The number of rotatable bonds is 1. The van der Waals surface area contributed by atoms with Gasteiger partial charge < -0.3 is 9.73 Å². The Bertz CT molecular complexity index is 1000. The van der Waals surface area contributed by atoms with Crippen LogP contribution < -0.4 is 10.7 Å². The van der Waals surface area contributed by atoms with Crippen molar-refractivity contribution in [2.45, 2.75) is 6.04 Å². The van der Waals surface area contributed by atoms with E-state index in [1.807, 2.05) is 30.3 Å². The van der Waals surface area contributed by atoms with Gasteiger partial charge in [-0.2, -0.15) is 0 Å². The van der Waals surface area contributed by atoms with Gasteiger partial charge in [-0.05, 0) is 35.2 Å². The Kier molecular flexibility index (Phi) is 2.82. The molecule has 0 saturated heterocycles. The molecule has 0 spiro atoms. The maximum Gasteiger partial charge on any atom is 0.199 e. The summed E-state index contributed by atoms with van der Waals surface area (Å²) in [7, 11) is 0. The molecule has 1 unspecified atom stereocenters. The van der Waals surface area contributed by atoms with Crippen molar-refractivity contribution >= 4 is 21.7 Å². The molecule has 2 heterocycles. The smallest absolute Gasteiger partial charge is 0.199 e. The fourth-order valence-electron chi connectivity index (χ4n) is 2.81. The molecule has 0 fully saturated rings. The summed E-state index contributed by atoms with van der Waals surface area (Å²) in [6.45, 7) is 0. The van der Waals surface area contributed by atoms with E-state index in [0.717, 1.165) is 10.8 Å². The zero-order valence-electron chi connectivity index (χ0n) is 11.5. The molecule has 3 aromatic rings. The van der Waals surface area contributed by atoms with E-state index < -0.39 is 11.9 Å². The molecule has 1 N–H and O–H groups in total. The first-order valence-corrected chi connectivity index (χ1v) is 6.97. The number of fused-ring (bicyclic) bond motifs is 3. The first-order chi connectivity index (χ1) is 10.8. The van der Waals surface area contributed by atoms with Crippen LogP contribution in [0.1, 0.15) is 11.6 Å². The van der Waals surface area contributed by atoms with Gasteiger partial charge in [0.25, 0.3) is 0 Å². The largest absolute Gasteiger partial charge is 0.464 e. The second-order valence-corrected chi connectivity index (χ2v) is 5.19. The van der Waals surface area contributed by atoms with Crippen molar-refractivity contribution < 1.29 is 8.81 Å². The topological polar surface area (TPSA) is 42.2 Å². The first-order valence-electron chi connectivity index (χ1n) is 6.97. The van der Waals surface area contributed by atoms with E-state index in [9.17, 15) is 9.18 Å². The maximum absolute atomic E-state index is 14.0. The molecule has 0 saturated carbocycles. The molecule has 108 valence electrons. The van der Waals surface area contributed by atoms with E-state index >= 15 is 0 Å². The monoisotopic (exact) mass is 293 g/mol. The minimum Gasteiger partial charge on any atom is -0.464 e. The Morgan fingerprint density at radius 1 is 1.14 bits per heavy atom. The summed E-state index contributed by atoms with van der Waals surface area (Å²) in [5.41, 5.74) is 0.555. The predicted octanol–water partition coefficient (Wildman–Crippen LogP) is 3.96. The molecular weight excluding hydrogens is 281 g/mol. The third kappa shape index (κ3) is 1.84. The Hall–Kier alpha value is -2.88. The van der Waals surface area contributed by atoms with E-state index in [1.54, 1.807) is 18.3 Å². The van der Waals surface area contributed by atoms with E-state index in [-0.39, 0.29) is 11.0 Å². The van der Waals surface area contributed by atoms with Crippen LogP contribution in [-0.2, 0) is 0 Å². The van der Waals surface area contributed by atoms with Crippen LogP contribution in [0.2, 0.25) is 0 Å². The van der Waals surface area contributed by atoms with Gasteiger partial charge in [-0.15, -0.1) is 0 Å². The number of hydrogen-bond acceptors (Lipinski definition) is 3. The van der Waals surface area contributed by atoms with Crippen LogP contribution in [0, 0.1) is 0 Å². The van der Waals surface area contributed by atoms with Crippen molar-refractivity contribution in [2.75, 3.05) is 0 Å². The highest BCUT2D eigenvalue weighted by atomic mass is 19.1. The number of hydrogen-bond donors (Lipinski definition) is 1. The summed E-state index contributed by atoms with van der Waals surface area (Å²) >= 11 is 0. The lowest BCUT2D eigenvalue weighted by Gasteiger charge is -2.17. The predicted molar refractivity (Wildman–Crippen MR) is 84.2 cm³/mol. The third-order valence-corrected chi connectivity index (χ3v) is 3.89. The van der Waals surface area contributed by atoms with E-state index in [2.05, 4.69) is 5.32 Å². The van der Waals surface area contributed by atoms with E-state index in [0.29, 0.717) is 11.0 Å². The average Bonchev–Trinajstić information content (AvgIpc) is 2.56. The summed E-state index contributed by atoms with van der Waals surface area (Å²) in [6, 6.07) is 10.5. The Balaban J connectivity index is 2.05. The Morgan fingerprint density at radius 3 is 2.86 bits per heavy atom. The summed E-state index contributed by atoms with van der Waals surface area (Å²) in [5.74, 6) is -0.408. The van der Waals surface area contributed by atoms with E-state index in [4.69, 9.17) is 4.42 Å². The minimum absolute atomic E-state index is 0.214. The molecule has 4 heteroatoms. The molecule has 4 rings (SSSR count). The number of nitrogens with one attached hydrogen (secondary N) is 1. The van der Waals surface area contributed by atoms with Crippen molar-refractivity contribution in [1.29, 1.82) is 0 Å². The molecule has 1 aromatic heterocycles. The summed E-state index contributed by atoms with van der Waals surface area (Å²) < 4.78 is 19.6. The van der Waals surface area contributed by atoms with Gasteiger partial charge in [0.1, 0.15) is 23.7 Å². The molecule has 1 aliphatic heterocycles. The van der Waals surface area contributed by atoms with Crippen LogP contribution in [-0.4, -0.2) is 0 Å². The lowest BCUT2D eigenvalue weighted by molar-refractivity contribution is 0.494. The fraction of sp³-hybridized carbons (Fsp3) is 0.0556. The Morgan fingerprint density at radius 2 is 2.00 bits per heavy atom. The molecule has 2 aromatic carbocycles. The van der Waals surface area contributed by atoms with Gasteiger partial charge in [-0.1, -0.05) is 30.3 Å². The molecule has 0 radical (unpaired) electrons. The molecule has 1 aliphatic rings. The maximum atomic E-state index is 14.0. The highest BCUT2D eigenvalue weighted by Gasteiger charge is 2.22. The van der Waals surface area contributed by atoms with Crippen LogP contribution in [0.25, 0.3) is 21.7 Å². The van der Waals surface area contributed by atoms with Gasteiger partial charge in [0, 0.05) is 0 Å². The molecule has 1 atom stereocenters. The van der Waals surface area contributed by atoms with Gasteiger partial charge in [-0.25, -0.2) is 4.39 Å². The van der Waals surface area contributed by atoms with Crippen molar-refractivity contribution in [2.24, 2.45) is 0 Å². The zero-order valence-corrected chi connectivity index (χ0v) is 11.5. The van der Waals surface area contributed by atoms with Gasteiger partial charge in [0.2, 0.25) is 0 Å². The normalized spacial score (nSPS) is 17.5. The van der Waals surface area contributed by atoms with Crippen LogP contribution in [0.4, 0.5) is 4.39 Å². The van der Waals surface area contributed by atoms with Crippen molar-refractivity contribution in [3.8, 4) is 0 Å². The molecular formula is C18H12FNO2. The van der Waals surface area contributed by atoms with Crippen LogP contribution in [0.5, 0.6) is 0 Å². The lowest BCUT2D eigenvalue weighted by Crippen LogP contribution is -2.24. The highest BCUT2D eigenvalue weighted by Crippen LogP contribution is 2.27. The van der Waals surface area contributed by atoms with Gasteiger partial charge in [-0.3, -0.25) is 4.79 Å². The van der Waals surface area contributed by atoms with Crippen LogP contribution >= 0.6 is 0 Å². The van der Waals surface area contributed by atoms with Crippen molar-refractivity contribution in [3.63, 3.8) is 0 Å². The molecule has 0 bridgehead atoms. The van der Waals surface area contributed by atoms with Gasteiger partial charge in [0.15, 0.2) is 5.43 Å². The SMILES string of the molecule is O=c1c(C2NC=CC=C2F)coc2ccc3ccccc3c12. The second kappa shape index (κ2) is 4.84. The fourth-order valence-corrected chi connectivity index (χ4v) is 2.81. The number of allylic oxidation sites excluding steroid dienone is 2. The van der Waals surface area contributed by atoms with Gasteiger partial charge in [0.05, 0.1) is 10.9 Å². The number of benzene rings is 2. The summed E-state index contributed by atoms with van der Waals surface area (Å²) in [5, 5.41) is 5.10. The van der Waals surface area contributed by atoms with Crippen molar-refractivity contribution in [1.82, 2.24) is 5.32 Å². The second-order valence-electron chi connectivity index (χ2n) is 5.19. The molecule has 3 nitrogen and oxygen atoms in total. The zero-order chi connectivity index (χ0) is 15.1. The molecule has 0 aliphatic carbocycles. The average molecular weight is 293 g/mol. The third-order valence-electron chi connectivity index (χ3n) is 3.89. The highest BCUT2D eigenvalue weighted by molar-refractivity contribution is 6.05. The first kappa shape index (κ1) is 12.8. The minimum atomic E-state index is -0.801. The van der Waals surface area contributed by atoms with Gasteiger partial charge >= 0.3 is 0 Å². The van der Waals surface area contributed by atoms with Crippen molar-refractivity contribution in [3.05, 3.63) is 82.6 Å². The Labute approximate surface area is 125 Å². The van der Waals surface area contributed by atoms with Crippen LogP contribution in [0.15, 0.2) is 76.1 Å². The molecule has 22 heavy (non-hydrogen) atoms. The molecule has 0 amide bonds. The summed E-state index contributed by atoms with van der Waals surface area (Å²) in [6.07, 6.45) is 5.85. The van der Waals surface area contributed by atoms with Crippen LogP contribution in [0.3, 0.4) is 0 Å². The number of dihydropyridines is 1. The van der Waals surface area contributed by atoms with E-state index in [1.165, 1.54) is 12.3 Å². The quantitative estimate of drug-likeness (QED) is 0.691. The summed E-state index contributed by atoms with van der Waals surface area (Å²) in [4.78, 5) is 12.9.